The lowest BCUT2D eigenvalue weighted by Crippen LogP contribution is -2.43. The molecule has 0 aromatic carbocycles. The van der Waals surface area contributed by atoms with Crippen LogP contribution < -0.4 is 15.8 Å². The number of halogens is 2. The highest BCUT2D eigenvalue weighted by Gasteiger charge is 2.46. The number of alkyl halides is 2. The first-order valence-electron chi connectivity index (χ1n) is 10.4. The lowest BCUT2D eigenvalue weighted by atomic mass is 9.89. The monoisotopic (exact) mass is 419 g/mol. The molecule has 2 heterocycles. The van der Waals surface area contributed by atoms with Crippen molar-refractivity contribution in [1.82, 2.24) is 14.8 Å². The van der Waals surface area contributed by atoms with E-state index in [-0.39, 0.29) is 17.7 Å². The van der Waals surface area contributed by atoms with Gasteiger partial charge in [-0.3, -0.25) is 9.48 Å². The second kappa shape index (κ2) is 8.67. The van der Waals surface area contributed by atoms with Crippen LogP contribution in [-0.2, 0) is 4.79 Å². The number of nitrogens with one attached hydrogen (secondary N) is 1. The molecule has 0 spiro atoms. The van der Waals surface area contributed by atoms with Crippen LogP contribution in [0, 0.1) is 17.8 Å². The van der Waals surface area contributed by atoms with Crippen LogP contribution in [0.1, 0.15) is 43.7 Å². The van der Waals surface area contributed by atoms with Gasteiger partial charge in [0.05, 0.1) is 31.1 Å². The van der Waals surface area contributed by atoms with E-state index in [9.17, 15) is 13.6 Å². The van der Waals surface area contributed by atoms with Crippen molar-refractivity contribution in [3.05, 3.63) is 36.3 Å². The number of aromatic nitrogens is 3. The first-order valence-corrected chi connectivity index (χ1v) is 10.4. The Morgan fingerprint density at radius 1 is 1.33 bits per heavy atom. The molecule has 7 nitrogen and oxygen atoms in total. The number of ether oxygens (including phenoxy) is 1. The Balaban J connectivity index is 1.50. The third-order valence-corrected chi connectivity index (χ3v) is 5.99. The van der Waals surface area contributed by atoms with Gasteiger partial charge < -0.3 is 15.8 Å². The van der Waals surface area contributed by atoms with Crippen molar-refractivity contribution in [2.45, 2.75) is 50.6 Å². The third-order valence-electron chi connectivity index (χ3n) is 5.99. The Labute approximate surface area is 174 Å². The van der Waals surface area contributed by atoms with Gasteiger partial charge in [0, 0.05) is 24.4 Å². The summed E-state index contributed by atoms with van der Waals surface area (Å²) < 4.78 is 33.2. The van der Waals surface area contributed by atoms with Crippen molar-refractivity contribution in [2.24, 2.45) is 23.5 Å². The summed E-state index contributed by atoms with van der Waals surface area (Å²) in [6.07, 6.45) is 6.10. The highest BCUT2D eigenvalue weighted by atomic mass is 19.3. The maximum Gasteiger partial charge on any atom is 0.241 e. The van der Waals surface area contributed by atoms with Crippen LogP contribution >= 0.6 is 0 Å². The van der Waals surface area contributed by atoms with Gasteiger partial charge in [-0.25, -0.2) is 13.8 Å². The third kappa shape index (κ3) is 4.61. The minimum atomic E-state index is -2.55. The van der Waals surface area contributed by atoms with Gasteiger partial charge in [0.2, 0.25) is 18.2 Å². The smallest absolute Gasteiger partial charge is 0.241 e. The Kier molecular flexibility index (Phi) is 5.99. The number of carbonyl (C=O) groups is 1. The van der Waals surface area contributed by atoms with Crippen molar-refractivity contribution in [3.8, 4) is 5.88 Å². The minimum Gasteiger partial charge on any atom is -0.481 e. The number of methoxy groups -OCH3 is 1. The number of nitrogens with zero attached hydrogens (tertiary/aromatic N) is 3. The Bertz CT molecular complexity index is 870. The second-order valence-electron chi connectivity index (χ2n) is 8.22. The van der Waals surface area contributed by atoms with Crippen molar-refractivity contribution in [3.63, 3.8) is 0 Å². The zero-order valence-electron chi connectivity index (χ0n) is 16.9. The molecule has 2 aliphatic carbocycles. The molecule has 9 heteroatoms. The predicted octanol–water partition coefficient (Wildman–Crippen LogP) is 3.23. The van der Waals surface area contributed by atoms with E-state index in [1.165, 1.54) is 24.2 Å². The van der Waals surface area contributed by atoms with Crippen LogP contribution in [0.5, 0.6) is 5.88 Å². The molecule has 0 aliphatic heterocycles. The molecule has 3 N–H and O–H groups in total. The molecule has 1 amide bonds. The maximum absolute atomic E-state index is 13.3. The zero-order valence-corrected chi connectivity index (χ0v) is 16.9. The minimum absolute atomic E-state index is 0.228. The summed E-state index contributed by atoms with van der Waals surface area (Å²) in [5.41, 5.74) is 7.22. The number of pyridine rings is 1. The molecule has 1 unspecified atom stereocenters. The van der Waals surface area contributed by atoms with E-state index in [2.05, 4.69) is 15.4 Å². The summed E-state index contributed by atoms with van der Waals surface area (Å²) in [6, 6.07) is 2.00. The summed E-state index contributed by atoms with van der Waals surface area (Å²) in [7, 11) is 1.44. The lowest BCUT2D eigenvalue weighted by molar-refractivity contribution is -0.118. The molecule has 30 heavy (non-hydrogen) atoms. The molecule has 4 rings (SSSR count). The molecular weight excluding hydrogens is 392 g/mol. The van der Waals surface area contributed by atoms with Gasteiger partial charge in [0.25, 0.3) is 0 Å². The standard InChI is InChI=1S/C21H27F2N5O2/c1-30-21-15(3-2-8-25-21)16(9-17(22)23)28-11-14(10-26-28)27-20(29)19(24)18(12-4-5-12)13-6-7-13/h2-3,8,10-13,16-19H,4-7,9,24H2,1H3,(H,27,29)/t16?,19-/m0/s1. The summed E-state index contributed by atoms with van der Waals surface area (Å²) in [4.78, 5) is 16.8. The molecule has 2 fully saturated rings. The van der Waals surface area contributed by atoms with Gasteiger partial charge in [-0.1, -0.05) is 0 Å². The van der Waals surface area contributed by atoms with Gasteiger partial charge >= 0.3 is 0 Å². The number of amides is 1. The summed E-state index contributed by atoms with van der Waals surface area (Å²) >= 11 is 0. The number of rotatable bonds is 10. The molecule has 2 aromatic heterocycles. The van der Waals surface area contributed by atoms with E-state index in [1.54, 1.807) is 18.3 Å². The van der Waals surface area contributed by atoms with Gasteiger partial charge in [-0.05, 0) is 55.6 Å². The summed E-state index contributed by atoms with van der Waals surface area (Å²) in [5, 5.41) is 7.03. The van der Waals surface area contributed by atoms with Crippen LogP contribution in [0.25, 0.3) is 0 Å². The highest BCUT2D eigenvalue weighted by Crippen LogP contribution is 2.50. The topological polar surface area (TPSA) is 95.1 Å². The van der Waals surface area contributed by atoms with Gasteiger partial charge in [-0.15, -0.1) is 0 Å². The molecule has 0 radical (unpaired) electrons. The van der Waals surface area contributed by atoms with Gasteiger partial charge in [0.1, 0.15) is 0 Å². The second-order valence-corrected chi connectivity index (χ2v) is 8.22. The summed E-state index contributed by atoms with van der Waals surface area (Å²) in [5.74, 6) is 1.35. The van der Waals surface area contributed by atoms with E-state index in [1.807, 2.05) is 0 Å². The largest absolute Gasteiger partial charge is 0.481 e. The molecule has 2 saturated carbocycles. The van der Waals surface area contributed by atoms with Crippen LogP contribution in [0.2, 0.25) is 0 Å². The van der Waals surface area contributed by atoms with E-state index in [0.29, 0.717) is 23.1 Å². The van der Waals surface area contributed by atoms with E-state index in [0.717, 1.165) is 25.7 Å². The lowest BCUT2D eigenvalue weighted by Gasteiger charge is -2.22. The number of carbonyl (C=O) groups excluding carboxylic acids is 1. The number of anilines is 1. The molecule has 2 aromatic rings. The average molecular weight is 419 g/mol. The van der Waals surface area contributed by atoms with Crippen molar-refractivity contribution in [2.75, 3.05) is 12.4 Å². The van der Waals surface area contributed by atoms with Crippen LogP contribution in [-0.4, -0.2) is 40.2 Å². The van der Waals surface area contributed by atoms with Crippen LogP contribution in [0.3, 0.4) is 0 Å². The molecule has 162 valence electrons. The number of nitrogens with two attached hydrogens (primary N) is 1. The molecular formula is C21H27F2N5O2. The predicted molar refractivity (Wildman–Crippen MR) is 107 cm³/mol. The normalized spacial score (nSPS) is 18.5. The average Bonchev–Trinajstić information content (AvgIpc) is 3.67. The quantitative estimate of drug-likeness (QED) is 0.617. The zero-order chi connectivity index (χ0) is 21.3. The molecule has 2 aliphatic rings. The fourth-order valence-corrected chi connectivity index (χ4v) is 4.28. The molecule has 0 saturated heterocycles. The van der Waals surface area contributed by atoms with Crippen LogP contribution in [0.4, 0.5) is 14.5 Å². The fourth-order valence-electron chi connectivity index (χ4n) is 4.28. The van der Waals surface area contributed by atoms with Gasteiger partial charge in [0.15, 0.2) is 0 Å². The van der Waals surface area contributed by atoms with Crippen molar-refractivity contribution < 1.29 is 18.3 Å². The summed E-state index contributed by atoms with van der Waals surface area (Å²) in [6.45, 7) is 0. The maximum atomic E-state index is 13.3. The van der Waals surface area contributed by atoms with Crippen molar-refractivity contribution in [1.29, 1.82) is 0 Å². The Hall–Kier alpha value is -2.55. The SMILES string of the molecule is COc1ncccc1C(CC(F)F)n1cc(NC(=O)[C@@H](N)C(C2CC2)C2CC2)cn1. The first kappa shape index (κ1) is 20.7. The number of hydrogen-bond donors (Lipinski definition) is 2. The Morgan fingerprint density at radius 3 is 2.63 bits per heavy atom. The van der Waals surface area contributed by atoms with Crippen molar-refractivity contribution >= 4 is 11.6 Å². The number of hydrogen-bond acceptors (Lipinski definition) is 5. The van der Waals surface area contributed by atoms with Crippen LogP contribution in [0.15, 0.2) is 30.7 Å². The fraction of sp³-hybridized carbons (Fsp3) is 0.571. The first-order chi connectivity index (χ1) is 14.5. The molecule has 2 atom stereocenters. The highest BCUT2D eigenvalue weighted by molar-refractivity contribution is 5.94. The Morgan fingerprint density at radius 2 is 2.03 bits per heavy atom. The van der Waals surface area contributed by atoms with E-state index in [4.69, 9.17) is 10.5 Å². The van der Waals surface area contributed by atoms with Gasteiger partial charge in [-0.2, -0.15) is 5.10 Å². The molecule has 0 bridgehead atoms. The van der Waals surface area contributed by atoms with E-state index < -0.39 is 24.9 Å². The van der Waals surface area contributed by atoms with E-state index >= 15 is 0 Å².